The third-order valence-corrected chi connectivity index (χ3v) is 13.9. The Bertz CT molecular complexity index is 2170. The number of aromatic nitrogens is 2. The van der Waals surface area contributed by atoms with Gasteiger partial charge in [0.25, 0.3) is 0 Å². The van der Waals surface area contributed by atoms with Crippen LogP contribution in [-0.2, 0) is 64.0 Å². The largest absolute Gasteiger partial charge is 0.481 e. The van der Waals surface area contributed by atoms with Gasteiger partial charge < -0.3 is 85.7 Å². The number of H-pyrrole nitrogens is 1. The van der Waals surface area contributed by atoms with E-state index in [1.165, 1.54) is 24.3 Å². The number of hydrogen-bond donors (Lipinski definition) is 15. The second kappa shape index (κ2) is 38.8. The van der Waals surface area contributed by atoms with E-state index in [-0.39, 0.29) is 45.1 Å². The number of imidazole rings is 1. The number of aromatic amines is 1. The summed E-state index contributed by atoms with van der Waals surface area (Å²) in [5, 5.41) is 32.7. The standard InChI is InChI=1S/C51H89N15O13S/c1-8-29(5)42(50(78)63-36(16-17-38(55)68)46(74)59-32(26-67)22-31-24-56-27-58-31)66-49(77)41(28(3)4)64-51(79)43(30(6)9-2)65-47(75)35(15-11-13-20-53)62-48(76)37(23-40(70)71)60-39(69)25-57-45(73)34(14-10-12-19-52)61-44(72)33(54)18-21-80-7/h24,26-30,32-37,41-43H,8-23,25,52-54H2,1-7H3,(H2,55,68)(H,56,58)(H,57,73)(H,59,74)(H,60,69)(H,61,72)(H,62,76)(H,63,78)(H,64,79)(H,65,75)(H,66,77)(H,70,71). The fraction of sp³-hybridized carbons (Fsp3) is 0.706. The number of carboxylic acids is 1. The van der Waals surface area contributed by atoms with Crippen molar-refractivity contribution in [1.29, 1.82) is 0 Å². The van der Waals surface area contributed by atoms with E-state index in [0.29, 0.717) is 62.8 Å². The molecule has 0 aromatic carbocycles. The van der Waals surface area contributed by atoms with Crippen LogP contribution in [0, 0.1) is 17.8 Å². The quantitative estimate of drug-likeness (QED) is 0.0229. The number of carbonyl (C=O) groups excluding carboxylic acids is 11. The zero-order chi connectivity index (χ0) is 60.5. The van der Waals surface area contributed by atoms with Gasteiger partial charge in [-0.05, 0) is 94.2 Å². The maximum atomic E-state index is 14.3. The number of aliphatic carboxylic acids is 1. The maximum Gasteiger partial charge on any atom is 0.305 e. The van der Waals surface area contributed by atoms with Gasteiger partial charge in [0.05, 0.1) is 31.4 Å². The minimum atomic E-state index is -1.76. The molecule has 0 fully saturated rings. The van der Waals surface area contributed by atoms with Gasteiger partial charge >= 0.3 is 5.97 Å². The molecule has 452 valence electrons. The highest BCUT2D eigenvalue weighted by atomic mass is 32.2. The van der Waals surface area contributed by atoms with Crippen molar-refractivity contribution in [3.8, 4) is 0 Å². The Morgan fingerprint density at radius 2 is 1.12 bits per heavy atom. The summed E-state index contributed by atoms with van der Waals surface area (Å²) in [7, 11) is 0. The lowest BCUT2D eigenvalue weighted by Gasteiger charge is -2.31. The Morgan fingerprint density at radius 3 is 1.62 bits per heavy atom. The van der Waals surface area contributed by atoms with Gasteiger partial charge in [-0.15, -0.1) is 0 Å². The number of aldehydes is 1. The van der Waals surface area contributed by atoms with Crippen molar-refractivity contribution in [2.24, 2.45) is 40.7 Å². The number of unbranched alkanes of at least 4 members (excludes halogenated alkanes) is 2. The molecule has 1 aromatic heterocycles. The van der Waals surface area contributed by atoms with Crippen LogP contribution < -0.4 is 70.8 Å². The van der Waals surface area contributed by atoms with Gasteiger partial charge in [0.1, 0.15) is 48.6 Å². The predicted molar refractivity (Wildman–Crippen MR) is 298 cm³/mol. The lowest BCUT2D eigenvalue weighted by Crippen LogP contribution is -2.62. The summed E-state index contributed by atoms with van der Waals surface area (Å²) >= 11 is 1.49. The van der Waals surface area contributed by atoms with Gasteiger partial charge in [-0.3, -0.25) is 52.7 Å². The lowest BCUT2D eigenvalue weighted by atomic mass is 9.94. The number of carboxylic acid groups (broad SMARTS) is 1. The van der Waals surface area contributed by atoms with Crippen LogP contribution in [0.4, 0.5) is 0 Å². The second-order valence-electron chi connectivity index (χ2n) is 20.1. The average molecular weight is 1150 g/mol. The molecule has 1 rings (SSSR count). The highest BCUT2D eigenvalue weighted by Gasteiger charge is 2.37. The van der Waals surface area contributed by atoms with Gasteiger partial charge in [0, 0.05) is 24.7 Å². The van der Waals surface area contributed by atoms with Gasteiger partial charge in [-0.1, -0.05) is 54.4 Å². The van der Waals surface area contributed by atoms with E-state index < -0.39 is 150 Å². The molecule has 1 heterocycles. The number of hydrogen-bond acceptors (Lipinski definition) is 17. The summed E-state index contributed by atoms with van der Waals surface area (Å²) in [4.78, 5) is 166. The summed E-state index contributed by atoms with van der Waals surface area (Å²) < 4.78 is 0. The monoisotopic (exact) mass is 1150 g/mol. The van der Waals surface area contributed by atoms with Crippen LogP contribution in [0.3, 0.4) is 0 Å². The van der Waals surface area contributed by atoms with Gasteiger partial charge in [0.15, 0.2) is 0 Å². The molecular weight excluding hydrogens is 1060 g/mol. The minimum absolute atomic E-state index is 0.0460. The third-order valence-electron chi connectivity index (χ3n) is 13.2. The minimum Gasteiger partial charge on any atom is -0.481 e. The van der Waals surface area contributed by atoms with E-state index in [1.54, 1.807) is 41.5 Å². The zero-order valence-corrected chi connectivity index (χ0v) is 48.0. The first-order valence-corrected chi connectivity index (χ1v) is 28.5. The Hall–Kier alpha value is -6.72. The van der Waals surface area contributed by atoms with Crippen LogP contribution in [-0.4, -0.2) is 172 Å². The van der Waals surface area contributed by atoms with E-state index in [9.17, 15) is 62.6 Å². The number of rotatable bonds is 42. The summed E-state index contributed by atoms with van der Waals surface area (Å²) in [6, 6.07) is -11.5. The number of amides is 10. The lowest BCUT2D eigenvalue weighted by molar-refractivity contribution is -0.141. The Balaban J connectivity index is 3.36. The summed E-state index contributed by atoms with van der Waals surface area (Å²) in [5.74, 6) is -10.8. The third kappa shape index (κ3) is 27.0. The topological polar surface area (TPSA) is 466 Å². The van der Waals surface area contributed by atoms with Crippen LogP contribution >= 0.6 is 11.8 Å². The maximum absolute atomic E-state index is 14.3. The molecule has 28 nitrogen and oxygen atoms in total. The molecule has 0 aliphatic carbocycles. The first-order valence-electron chi connectivity index (χ1n) is 27.1. The van der Waals surface area contributed by atoms with Crippen molar-refractivity contribution >= 4 is 83.1 Å². The fourth-order valence-electron chi connectivity index (χ4n) is 7.92. The van der Waals surface area contributed by atoms with Crippen LogP contribution in [0.1, 0.15) is 124 Å². The molecule has 1 aromatic rings. The molecule has 0 spiro atoms. The molecule has 0 bridgehead atoms. The van der Waals surface area contributed by atoms with Gasteiger partial charge in [0.2, 0.25) is 59.1 Å². The van der Waals surface area contributed by atoms with Crippen LogP contribution in [0.15, 0.2) is 12.5 Å². The normalized spacial score (nSPS) is 15.3. The number of carbonyl (C=O) groups is 12. The fourth-order valence-corrected chi connectivity index (χ4v) is 8.41. The Labute approximate surface area is 472 Å². The van der Waals surface area contributed by atoms with Crippen LogP contribution in [0.25, 0.3) is 0 Å². The van der Waals surface area contributed by atoms with E-state index in [0.717, 1.165) is 0 Å². The van der Waals surface area contributed by atoms with Crippen molar-refractivity contribution in [2.75, 3.05) is 31.6 Å². The van der Waals surface area contributed by atoms with Crippen molar-refractivity contribution in [3.05, 3.63) is 18.2 Å². The van der Waals surface area contributed by atoms with Crippen LogP contribution in [0.5, 0.6) is 0 Å². The molecule has 10 amide bonds. The van der Waals surface area contributed by atoms with E-state index >= 15 is 0 Å². The number of nitrogens with two attached hydrogens (primary N) is 4. The predicted octanol–water partition coefficient (Wildman–Crippen LogP) is -3.03. The van der Waals surface area contributed by atoms with Crippen LogP contribution in [0.2, 0.25) is 0 Å². The van der Waals surface area contributed by atoms with Gasteiger partial charge in [-0.2, -0.15) is 11.8 Å². The molecule has 19 N–H and O–H groups in total. The summed E-state index contributed by atoms with van der Waals surface area (Å²) in [6.45, 7) is 9.92. The van der Waals surface area contributed by atoms with Crippen molar-refractivity contribution in [3.63, 3.8) is 0 Å². The first-order chi connectivity index (χ1) is 37.9. The molecule has 29 heteroatoms. The van der Waals surface area contributed by atoms with Crippen molar-refractivity contribution < 1.29 is 62.6 Å². The highest BCUT2D eigenvalue weighted by molar-refractivity contribution is 7.98. The van der Waals surface area contributed by atoms with Crippen molar-refractivity contribution in [1.82, 2.24) is 57.8 Å². The number of nitrogens with one attached hydrogen (secondary N) is 10. The number of thioether (sulfide) groups is 1. The molecule has 0 saturated carbocycles. The highest BCUT2D eigenvalue weighted by Crippen LogP contribution is 2.15. The Kier molecular flexibility index (Phi) is 34.6. The first kappa shape index (κ1) is 71.3. The number of nitrogens with zero attached hydrogens (tertiary/aromatic N) is 1. The molecule has 80 heavy (non-hydrogen) atoms. The van der Waals surface area contributed by atoms with E-state index in [1.807, 2.05) is 6.26 Å². The van der Waals surface area contributed by atoms with Gasteiger partial charge in [-0.25, -0.2) is 4.98 Å². The summed E-state index contributed by atoms with van der Waals surface area (Å²) in [6.07, 6.45) is 6.60. The molecule has 11 unspecified atom stereocenters. The van der Waals surface area contributed by atoms with E-state index in [2.05, 4.69) is 57.8 Å². The SMILES string of the molecule is CCC(C)C(NC(=O)C(CCCCN)NC(=O)C(CC(=O)O)NC(=O)CNC(=O)C(CCCCN)NC(=O)C(N)CCSC)C(=O)NC(C(=O)NC(C(=O)NC(CCC(N)=O)C(=O)NC(C=O)Cc1cnc[nH]1)C(C)CC)C(C)C. The molecule has 0 radical (unpaired) electrons. The summed E-state index contributed by atoms with van der Waals surface area (Å²) in [5.41, 5.74) is 23.2. The molecule has 11 atom stereocenters. The zero-order valence-electron chi connectivity index (χ0n) is 47.2. The van der Waals surface area contributed by atoms with Crippen molar-refractivity contribution in [2.45, 2.75) is 179 Å². The molecular formula is C51H89N15O13S. The number of primary amides is 1. The molecule has 0 aliphatic heterocycles. The average Bonchev–Trinajstić information content (AvgIpc) is 3.93. The Morgan fingerprint density at radius 1 is 0.637 bits per heavy atom. The smallest absolute Gasteiger partial charge is 0.305 e. The molecule has 0 saturated heterocycles. The molecule has 0 aliphatic rings. The second-order valence-corrected chi connectivity index (χ2v) is 21.1. The van der Waals surface area contributed by atoms with E-state index in [4.69, 9.17) is 22.9 Å².